The second-order valence-electron chi connectivity index (χ2n) is 6.40. The third-order valence-electron chi connectivity index (χ3n) is 4.37. The van der Waals surface area contributed by atoms with Crippen LogP contribution in [0.15, 0.2) is 53.7 Å². The van der Waals surface area contributed by atoms with E-state index >= 15 is 0 Å². The molecule has 0 fully saturated rings. The van der Waals surface area contributed by atoms with Crippen molar-refractivity contribution >= 4 is 35.2 Å². The lowest BCUT2D eigenvalue weighted by atomic mass is 9.95. The van der Waals surface area contributed by atoms with Crippen molar-refractivity contribution in [1.82, 2.24) is 10.6 Å². The van der Waals surface area contributed by atoms with Crippen molar-refractivity contribution in [2.24, 2.45) is 0 Å². The van der Waals surface area contributed by atoms with Gasteiger partial charge in [-0.3, -0.25) is 0 Å². The van der Waals surface area contributed by atoms with Crippen LogP contribution in [-0.2, 0) is 16.1 Å². The molecule has 3 rings (SSSR count). The molecule has 152 valence electrons. The van der Waals surface area contributed by atoms with Crippen molar-refractivity contribution in [1.29, 1.82) is 0 Å². The topological polar surface area (TPSA) is 76.7 Å². The minimum atomic E-state index is -0.605. The predicted molar refractivity (Wildman–Crippen MR) is 111 cm³/mol. The highest BCUT2D eigenvalue weighted by Crippen LogP contribution is 2.29. The van der Waals surface area contributed by atoms with E-state index in [9.17, 15) is 9.59 Å². The van der Waals surface area contributed by atoms with Gasteiger partial charge in [0.05, 0.1) is 28.3 Å². The summed E-state index contributed by atoms with van der Waals surface area (Å²) >= 11 is 11.9. The van der Waals surface area contributed by atoms with Crippen molar-refractivity contribution in [2.75, 3.05) is 6.61 Å². The Kier molecular flexibility index (Phi) is 6.67. The molecule has 1 unspecified atom stereocenters. The molecule has 8 heteroatoms. The van der Waals surface area contributed by atoms with E-state index < -0.39 is 12.0 Å². The molecule has 0 radical (unpaired) electrons. The number of amides is 2. The Morgan fingerprint density at radius 1 is 1.10 bits per heavy atom. The average Bonchev–Trinajstić information content (AvgIpc) is 2.69. The van der Waals surface area contributed by atoms with Crippen molar-refractivity contribution in [3.8, 4) is 5.75 Å². The van der Waals surface area contributed by atoms with Crippen LogP contribution in [0, 0.1) is 0 Å². The quantitative estimate of drug-likeness (QED) is 0.642. The number of halogens is 2. The van der Waals surface area contributed by atoms with Gasteiger partial charge >= 0.3 is 12.0 Å². The van der Waals surface area contributed by atoms with Crippen LogP contribution in [0.4, 0.5) is 4.79 Å². The number of rotatable bonds is 6. The molecule has 0 saturated carbocycles. The molecule has 1 heterocycles. The van der Waals surface area contributed by atoms with Crippen LogP contribution < -0.4 is 15.4 Å². The summed E-state index contributed by atoms with van der Waals surface area (Å²) in [6.07, 6.45) is 0. The van der Waals surface area contributed by atoms with E-state index in [1.807, 2.05) is 6.07 Å². The number of nitrogens with one attached hydrogen (secondary N) is 2. The first-order valence-electron chi connectivity index (χ1n) is 9.01. The van der Waals surface area contributed by atoms with Gasteiger partial charge in [0.2, 0.25) is 0 Å². The van der Waals surface area contributed by atoms with E-state index in [-0.39, 0.29) is 12.6 Å². The maximum absolute atomic E-state index is 12.4. The number of hydrogen-bond donors (Lipinski definition) is 2. The number of benzene rings is 2. The summed E-state index contributed by atoms with van der Waals surface area (Å²) in [7, 11) is 0. The summed E-state index contributed by atoms with van der Waals surface area (Å²) in [6, 6.07) is 11.5. The van der Waals surface area contributed by atoms with Crippen LogP contribution in [-0.4, -0.2) is 18.6 Å². The van der Waals surface area contributed by atoms with E-state index in [0.717, 1.165) is 11.1 Å². The van der Waals surface area contributed by atoms with Gasteiger partial charge in [-0.15, -0.1) is 0 Å². The van der Waals surface area contributed by atoms with E-state index in [1.54, 1.807) is 50.2 Å². The monoisotopic (exact) mass is 434 g/mol. The number of ether oxygens (including phenoxy) is 2. The average molecular weight is 435 g/mol. The summed E-state index contributed by atoms with van der Waals surface area (Å²) in [5.41, 5.74) is 2.47. The summed E-state index contributed by atoms with van der Waals surface area (Å²) in [5.74, 6) is 0.168. The minimum absolute atomic E-state index is 0.248. The number of urea groups is 1. The van der Waals surface area contributed by atoms with Gasteiger partial charge in [-0.25, -0.2) is 9.59 Å². The van der Waals surface area contributed by atoms with E-state index in [1.165, 1.54) is 0 Å². The number of allylic oxidation sites excluding steroid dienone is 1. The molecule has 1 aliphatic rings. The molecule has 29 heavy (non-hydrogen) atoms. The molecule has 2 aromatic carbocycles. The van der Waals surface area contributed by atoms with Crippen LogP contribution in [0.3, 0.4) is 0 Å². The van der Waals surface area contributed by atoms with Crippen LogP contribution >= 0.6 is 23.2 Å². The zero-order chi connectivity index (χ0) is 21.0. The lowest BCUT2D eigenvalue weighted by Gasteiger charge is -2.28. The van der Waals surface area contributed by atoms with Gasteiger partial charge in [-0.1, -0.05) is 41.4 Å². The Morgan fingerprint density at radius 2 is 1.83 bits per heavy atom. The maximum atomic E-state index is 12.4. The minimum Gasteiger partial charge on any atom is -0.489 e. The third-order valence-corrected chi connectivity index (χ3v) is 5.11. The van der Waals surface area contributed by atoms with Gasteiger partial charge in [0.15, 0.2) is 0 Å². The third kappa shape index (κ3) is 5.02. The van der Waals surface area contributed by atoms with Crippen LogP contribution in [0.25, 0.3) is 0 Å². The molecule has 2 amide bonds. The summed E-state index contributed by atoms with van der Waals surface area (Å²) < 4.78 is 10.9. The van der Waals surface area contributed by atoms with E-state index in [4.69, 9.17) is 32.7 Å². The Hall–Kier alpha value is -2.70. The number of carbonyl (C=O) groups excluding carboxylic acids is 2. The Bertz CT molecular complexity index is 958. The zero-order valence-corrected chi connectivity index (χ0v) is 17.4. The van der Waals surface area contributed by atoms with Gasteiger partial charge in [0.1, 0.15) is 12.4 Å². The van der Waals surface area contributed by atoms with Crippen LogP contribution in [0.5, 0.6) is 5.75 Å². The SMILES string of the molecule is CCOC(=O)C1=C(C)NC(=O)NC1c1ccc(OCc2ccc(Cl)c(Cl)c2)cc1. The molecule has 6 nitrogen and oxygen atoms in total. The van der Waals surface area contributed by atoms with E-state index in [0.29, 0.717) is 33.7 Å². The zero-order valence-electron chi connectivity index (χ0n) is 15.9. The Labute approximate surface area is 178 Å². The van der Waals surface area contributed by atoms with Crippen molar-refractivity contribution in [2.45, 2.75) is 26.5 Å². The van der Waals surface area contributed by atoms with Crippen LogP contribution in [0.2, 0.25) is 10.0 Å². The molecule has 2 aromatic rings. The van der Waals surface area contributed by atoms with Gasteiger partial charge < -0.3 is 20.1 Å². The predicted octanol–water partition coefficient (Wildman–Crippen LogP) is 4.76. The lowest BCUT2D eigenvalue weighted by Crippen LogP contribution is -2.45. The van der Waals surface area contributed by atoms with Gasteiger partial charge in [-0.2, -0.15) is 0 Å². The molecule has 0 saturated heterocycles. The number of esters is 1. The second kappa shape index (κ2) is 9.20. The molecule has 0 aromatic heterocycles. The normalized spacial score (nSPS) is 16.1. The summed E-state index contributed by atoms with van der Waals surface area (Å²) in [6.45, 7) is 3.98. The van der Waals surface area contributed by atoms with E-state index in [2.05, 4.69) is 10.6 Å². The molecular formula is C21H20Cl2N2O4. The largest absolute Gasteiger partial charge is 0.489 e. The highest BCUT2D eigenvalue weighted by atomic mass is 35.5. The van der Waals surface area contributed by atoms with Gasteiger partial charge in [-0.05, 0) is 49.2 Å². The molecule has 0 aliphatic carbocycles. The van der Waals surface area contributed by atoms with Crippen molar-refractivity contribution < 1.29 is 19.1 Å². The molecule has 1 atom stereocenters. The highest BCUT2D eigenvalue weighted by molar-refractivity contribution is 6.42. The van der Waals surface area contributed by atoms with Gasteiger partial charge in [0, 0.05) is 5.70 Å². The maximum Gasteiger partial charge on any atom is 0.338 e. The first-order chi connectivity index (χ1) is 13.9. The summed E-state index contributed by atoms with van der Waals surface area (Å²) in [5, 5.41) is 6.34. The summed E-state index contributed by atoms with van der Waals surface area (Å²) in [4.78, 5) is 24.3. The Balaban J connectivity index is 1.75. The fourth-order valence-corrected chi connectivity index (χ4v) is 3.30. The molecule has 0 bridgehead atoms. The first kappa shape index (κ1) is 21.0. The standard InChI is InChI=1S/C21H20Cl2N2O4/c1-3-28-20(26)18-12(2)24-21(27)25-19(18)14-5-7-15(8-6-14)29-11-13-4-9-16(22)17(23)10-13/h4-10,19H,3,11H2,1-2H3,(H2,24,25,27). The number of hydrogen-bond acceptors (Lipinski definition) is 4. The fraction of sp³-hybridized carbons (Fsp3) is 0.238. The smallest absolute Gasteiger partial charge is 0.338 e. The Morgan fingerprint density at radius 3 is 2.48 bits per heavy atom. The van der Waals surface area contributed by atoms with Crippen molar-refractivity contribution in [3.63, 3.8) is 0 Å². The number of carbonyl (C=O) groups is 2. The molecular weight excluding hydrogens is 415 g/mol. The van der Waals surface area contributed by atoms with Gasteiger partial charge in [0.25, 0.3) is 0 Å². The first-order valence-corrected chi connectivity index (χ1v) is 9.76. The lowest BCUT2D eigenvalue weighted by molar-refractivity contribution is -0.139. The molecule has 0 spiro atoms. The molecule has 1 aliphatic heterocycles. The second-order valence-corrected chi connectivity index (χ2v) is 7.21. The highest BCUT2D eigenvalue weighted by Gasteiger charge is 2.32. The molecule has 2 N–H and O–H groups in total. The van der Waals surface area contributed by atoms with Crippen LogP contribution in [0.1, 0.15) is 31.0 Å². The van der Waals surface area contributed by atoms with Crippen molar-refractivity contribution in [3.05, 3.63) is 74.9 Å². The fourth-order valence-electron chi connectivity index (χ4n) is 2.98.